The molecule has 6 heteroatoms. The fourth-order valence-electron chi connectivity index (χ4n) is 2.56. The van der Waals surface area contributed by atoms with Gasteiger partial charge in [-0.3, -0.25) is 0 Å². The molecule has 1 fully saturated rings. The first-order chi connectivity index (χ1) is 11.3. The average molecular weight is 373 g/mol. The molecule has 0 bridgehead atoms. The highest BCUT2D eigenvalue weighted by atomic mass is 28.4. The number of aliphatic hydroxyl groups excluding tert-OH is 1. The molecule has 1 aromatic carbocycles. The van der Waals surface area contributed by atoms with Crippen molar-refractivity contribution in [2.24, 2.45) is 5.92 Å². The lowest BCUT2D eigenvalue weighted by Gasteiger charge is -2.39. The van der Waals surface area contributed by atoms with E-state index in [-0.39, 0.29) is 17.6 Å². The zero-order chi connectivity index (χ0) is 19.1. The van der Waals surface area contributed by atoms with Crippen LogP contribution in [-0.4, -0.2) is 25.6 Å². The number of rotatable bonds is 5. The topological polar surface area (TPSA) is 29.5 Å². The van der Waals surface area contributed by atoms with Gasteiger partial charge < -0.3 is 9.53 Å². The normalized spacial score (nSPS) is 24.8. The van der Waals surface area contributed by atoms with Crippen LogP contribution >= 0.6 is 0 Å². The second-order valence-corrected chi connectivity index (χ2v) is 13.1. The quantitative estimate of drug-likeness (QED) is 0.693. The molecular formula is C19H27F3O2Si. The number of alkyl halides is 3. The van der Waals surface area contributed by atoms with Crippen molar-refractivity contribution in [1.82, 2.24) is 0 Å². The Labute approximate surface area is 148 Å². The van der Waals surface area contributed by atoms with Crippen molar-refractivity contribution in [3.63, 3.8) is 0 Å². The molecule has 0 unspecified atom stereocenters. The Morgan fingerprint density at radius 3 is 2.16 bits per heavy atom. The molecule has 25 heavy (non-hydrogen) atoms. The van der Waals surface area contributed by atoms with Gasteiger partial charge in [0.05, 0.1) is 11.2 Å². The third-order valence-electron chi connectivity index (χ3n) is 5.36. The monoisotopic (exact) mass is 372 g/mol. The molecule has 2 nitrogen and oxygen atoms in total. The highest BCUT2D eigenvalue weighted by Gasteiger charge is 2.57. The Morgan fingerprint density at radius 1 is 1.20 bits per heavy atom. The lowest BCUT2D eigenvalue weighted by atomic mass is 10.1. The van der Waals surface area contributed by atoms with Gasteiger partial charge in [-0.15, -0.1) is 0 Å². The first kappa shape index (κ1) is 20.2. The van der Waals surface area contributed by atoms with Crippen LogP contribution in [0.5, 0.6) is 0 Å². The summed E-state index contributed by atoms with van der Waals surface area (Å²) >= 11 is 0. The molecule has 1 saturated carbocycles. The lowest BCUT2D eigenvalue weighted by Crippen LogP contribution is -2.45. The van der Waals surface area contributed by atoms with Crippen LogP contribution in [0.25, 0.3) is 6.08 Å². The third kappa shape index (κ3) is 4.54. The van der Waals surface area contributed by atoms with Crippen LogP contribution in [0.2, 0.25) is 18.1 Å². The maximum atomic E-state index is 12.6. The molecule has 1 aliphatic rings. The van der Waals surface area contributed by atoms with E-state index in [1.807, 2.05) is 6.08 Å². The molecule has 2 rings (SSSR count). The minimum absolute atomic E-state index is 0.0464. The molecule has 0 aromatic heterocycles. The first-order valence-corrected chi connectivity index (χ1v) is 11.4. The van der Waals surface area contributed by atoms with Crippen molar-refractivity contribution >= 4 is 14.4 Å². The maximum absolute atomic E-state index is 12.6. The Balaban J connectivity index is 2.18. The number of hydrogen-bond acceptors (Lipinski definition) is 2. The van der Waals surface area contributed by atoms with Gasteiger partial charge in [-0.25, -0.2) is 0 Å². The molecular weight excluding hydrogens is 345 g/mol. The zero-order valence-electron chi connectivity index (χ0n) is 15.4. The summed E-state index contributed by atoms with van der Waals surface area (Å²) in [6.07, 6.45) is 0.125. The largest absolute Gasteiger partial charge is 0.416 e. The summed E-state index contributed by atoms with van der Waals surface area (Å²) in [6.45, 7) is 10.8. The van der Waals surface area contributed by atoms with E-state index >= 15 is 0 Å². The Kier molecular flexibility index (Phi) is 5.30. The summed E-state index contributed by atoms with van der Waals surface area (Å²) < 4.78 is 44.4. The van der Waals surface area contributed by atoms with Crippen LogP contribution < -0.4 is 0 Å². The van der Waals surface area contributed by atoms with E-state index in [4.69, 9.17) is 4.43 Å². The summed E-state index contributed by atoms with van der Waals surface area (Å²) in [5, 5.41) is 9.59. The predicted octanol–water partition coefficient (Wildman–Crippen LogP) is 5.49. The molecule has 0 spiro atoms. The van der Waals surface area contributed by atoms with E-state index in [1.165, 1.54) is 12.1 Å². The summed E-state index contributed by atoms with van der Waals surface area (Å²) in [6, 6.07) is 5.07. The fraction of sp³-hybridized carbons (Fsp3) is 0.579. The lowest BCUT2D eigenvalue weighted by molar-refractivity contribution is -0.137. The number of halogens is 3. The zero-order valence-corrected chi connectivity index (χ0v) is 16.4. The van der Waals surface area contributed by atoms with E-state index in [2.05, 4.69) is 33.9 Å². The van der Waals surface area contributed by atoms with Crippen molar-refractivity contribution in [3.05, 3.63) is 41.5 Å². The van der Waals surface area contributed by atoms with Gasteiger partial charge in [0.2, 0.25) is 0 Å². The van der Waals surface area contributed by atoms with Gasteiger partial charge in [0.15, 0.2) is 8.32 Å². The molecule has 0 radical (unpaired) electrons. The van der Waals surface area contributed by atoms with Crippen molar-refractivity contribution in [3.8, 4) is 0 Å². The molecule has 0 heterocycles. The van der Waals surface area contributed by atoms with E-state index < -0.39 is 25.7 Å². The SMILES string of the molecule is CC(C)(C)[Si](C)(C)O[C@@]1(/C=C/c2ccc(C(F)(F)F)cc2)C[C@@H]1CO. The number of benzene rings is 1. The van der Waals surface area contributed by atoms with Gasteiger partial charge in [0.25, 0.3) is 0 Å². The highest BCUT2D eigenvalue weighted by Crippen LogP contribution is 2.53. The minimum atomic E-state index is -4.33. The molecule has 1 N–H and O–H groups in total. The van der Waals surface area contributed by atoms with Crippen molar-refractivity contribution < 1.29 is 22.7 Å². The summed E-state index contributed by atoms with van der Waals surface area (Å²) in [5.41, 5.74) is -0.466. The molecule has 0 saturated heterocycles. The van der Waals surface area contributed by atoms with Crippen LogP contribution in [0, 0.1) is 5.92 Å². The van der Waals surface area contributed by atoms with Crippen molar-refractivity contribution in [2.75, 3.05) is 6.61 Å². The van der Waals surface area contributed by atoms with Gasteiger partial charge >= 0.3 is 6.18 Å². The van der Waals surface area contributed by atoms with Crippen LogP contribution in [0.4, 0.5) is 13.2 Å². The first-order valence-electron chi connectivity index (χ1n) is 8.48. The maximum Gasteiger partial charge on any atom is 0.416 e. The van der Waals surface area contributed by atoms with E-state index in [1.54, 1.807) is 6.08 Å². The highest BCUT2D eigenvalue weighted by molar-refractivity contribution is 6.74. The van der Waals surface area contributed by atoms with Crippen LogP contribution in [-0.2, 0) is 10.6 Å². The fourth-order valence-corrected chi connectivity index (χ4v) is 4.13. The van der Waals surface area contributed by atoms with Gasteiger partial charge in [0, 0.05) is 12.5 Å². The Morgan fingerprint density at radius 2 is 1.76 bits per heavy atom. The second kappa shape index (κ2) is 6.56. The van der Waals surface area contributed by atoms with E-state index in [0.717, 1.165) is 18.6 Å². The van der Waals surface area contributed by atoms with Gasteiger partial charge in [0.1, 0.15) is 0 Å². The number of aliphatic hydroxyl groups is 1. The third-order valence-corrected chi connectivity index (χ3v) is 9.87. The molecule has 2 atom stereocenters. The molecule has 1 aliphatic carbocycles. The summed E-state index contributed by atoms with van der Waals surface area (Å²) in [7, 11) is -2.02. The Hall–Kier alpha value is -1.11. The second-order valence-electron chi connectivity index (χ2n) is 8.35. The molecule has 0 amide bonds. The van der Waals surface area contributed by atoms with Crippen LogP contribution in [0.3, 0.4) is 0 Å². The smallest absolute Gasteiger partial charge is 0.408 e. The molecule has 0 aliphatic heterocycles. The van der Waals surface area contributed by atoms with Crippen molar-refractivity contribution in [1.29, 1.82) is 0 Å². The average Bonchev–Trinajstić information content (AvgIpc) is 3.16. The minimum Gasteiger partial charge on any atom is -0.408 e. The van der Waals surface area contributed by atoms with Crippen molar-refractivity contribution in [2.45, 2.75) is 57.1 Å². The van der Waals surface area contributed by atoms with Crippen LogP contribution in [0.1, 0.15) is 38.3 Å². The van der Waals surface area contributed by atoms with Gasteiger partial charge in [-0.05, 0) is 42.2 Å². The molecule has 140 valence electrons. The van der Waals surface area contributed by atoms with E-state index in [9.17, 15) is 18.3 Å². The predicted molar refractivity (Wildman–Crippen MR) is 96.7 cm³/mol. The standard InChI is InChI=1S/C19H27F3O2Si/c1-17(2,3)25(4,5)24-18(12-16(18)13-23)11-10-14-6-8-15(9-7-14)19(20,21)22/h6-11,16,23H,12-13H2,1-5H3/b11-10+/t16-,18+/m1/s1. The number of hydrogen-bond donors (Lipinski definition) is 1. The molecule has 1 aromatic rings. The summed E-state index contributed by atoms with van der Waals surface area (Å²) in [5.74, 6) is 0.0484. The van der Waals surface area contributed by atoms with Gasteiger partial charge in [-0.2, -0.15) is 13.2 Å². The van der Waals surface area contributed by atoms with Gasteiger partial charge in [-0.1, -0.05) is 45.1 Å². The van der Waals surface area contributed by atoms with Crippen LogP contribution in [0.15, 0.2) is 30.3 Å². The summed E-state index contributed by atoms with van der Waals surface area (Å²) in [4.78, 5) is 0. The van der Waals surface area contributed by atoms with E-state index in [0.29, 0.717) is 5.56 Å². The Bertz CT molecular complexity index is 630.